The van der Waals surface area contributed by atoms with Crippen LogP contribution in [0.1, 0.15) is 21.5 Å². The second-order valence-corrected chi connectivity index (χ2v) is 9.85. The van der Waals surface area contributed by atoms with Gasteiger partial charge in [-0.1, -0.05) is 80.5 Å². The molecule has 5 nitrogen and oxygen atoms in total. The molecule has 0 radical (unpaired) electrons. The monoisotopic (exact) mass is 597 g/mol. The molecule has 4 aromatic rings. The first-order valence-electron chi connectivity index (χ1n) is 9.93. The van der Waals surface area contributed by atoms with E-state index in [0.29, 0.717) is 44.6 Å². The number of amides is 1. The molecule has 0 unspecified atom stereocenters. The number of benzene rings is 3. The summed E-state index contributed by atoms with van der Waals surface area (Å²) >= 11 is 28.0. The largest absolute Gasteiger partial charge is 0.487 e. The Hall–Kier alpha value is -2.22. The second kappa shape index (κ2) is 11.0. The number of rotatable bonds is 7. The van der Waals surface area contributed by atoms with Gasteiger partial charge in [-0.05, 0) is 53.6 Å². The van der Waals surface area contributed by atoms with Crippen LogP contribution in [0.15, 0.2) is 71.3 Å². The summed E-state index contributed by atoms with van der Waals surface area (Å²) in [7, 11) is 0. The summed E-state index contributed by atoms with van der Waals surface area (Å²) in [6, 6.07) is 17.7. The number of anilines is 1. The van der Waals surface area contributed by atoms with E-state index >= 15 is 0 Å². The van der Waals surface area contributed by atoms with Gasteiger partial charge in [0.1, 0.15) is 17.4 Å². The van der Waals surface area contributed by atoms with Gasteiger partial charge in [-0.15, -0.1) is 0 Å². The molecule has 1 heterocycles. The average Bonchev–Trinajstić information content (AvgIpc) is 3.14. The maximum absolute atomic E-state index is 12.7. The molecule has 0 fully saturated rings. The van der Waals surface area contributed by atoms with Crippen molar-refractivity contribution in [2.45, 2.75) is 13.2 Å². The lowest BCUT2D eigenvalue weighted by molar-refractivity contribution is 0.102. The fourth-order valence-electron chi connectivity index (χ4n) is 3.07. The summed E-state index contributed by atoms with van der Waals surface area (Å²) in [6.07, 6.45) is 1.62. The van der Waals surface area contributed by atoms with Crippen LogP contribution in [0.3, 0.4) is 0 Å². The standard InChI is InChI=1S/C24H16BrCl4N3O2/c25-17-6-8-22(20(28)9-17)34-13-14-1-3-15(4-2-14)24(33)30-23-21(29)12-32(31-23)11-16-5-7-18(26)10-19(16)27/h1-10,12H,11,13H2,(H,30,31,33). The Kier molecular flexibility index (Phi) is 8.06. The molecule has 0 aliphatic rings. The molecule has 0 bridgehead atoms. The number of carbonyl (C=O) groups excluding carboxylic acids is 1. The van der Waals surface area contributed by atoms with Crippen molar-refractivity contribution < 1.29 is 9.53 Å². The van der Waals surface area contributed by atoms with Gasteiger partial charge in [0.05, 0.1) is 11.6 Å². The summed E-state index contributed by atoms with van der Waals surface area (Å²) in [5, 5.41) is 8.99. The van der Waals surface area contributed by atoms with Crippen LogP contribution in [-0.2, 0) is 13.2 Å². The number of halogens is 5. The van der Waals surface area contributed by atoms with Crippen LogP contribution in [0.25, 0.3) is 0 Å². The van der Waals surface area contributed by atoms with E-state index in [0.717, 1.165) is 15.6 Å². The number of nitrogens with zero attached hydrogens (tertiary/aromatic N) is 2. The maximum atomic E-state index is 12.7. The topological polar surface area (TPSA) is 56.2 Å². The molecule has 0 atom stereocenters. The molecule has 10 heteroatoms. The van der Waals surface area contributed by atoms with Crippen LogP contribution >= 0.6 is 62.3 Å². The molecule has 0 aliphatic carbocycles. The Morgan fingerprint density at radius 3 is 2.41 bits per heavy atom. The van der Waals surface area contributed by atoms with Crippen molar-refractivity contribution in [3.8, 4) is 5.75 Å². The van der Waals surface area contributed by atoms with Crippen molar-refractivity contribution in [1.82, 2.24) is 9.78 Å². The summed E-state index contributed by atoms with van der Waals surface area (Å²) in [5.74, 6) is 0.506. The molecule has 34 heavy (non-hydrogen) atoms. The molecular weight excluding hydrogens is 584 g/mol. The number of nitrogens with one attached hydrogen (secondary N) is 1. The summed E-state index contributed by atoms with van der Waals surface area (Å²) in [4.78, 5) is 12.7. The van der Waals surface area contributed by atoms with E-state index in [9.17, 15) is 4.79 Å². The third-order valence-corrected chi connectivity index (χ3v) is 6.45. The van der Waals surface area contributed by atoms with Crippen molar-refractivity contribution in [1.29, 1.82) is 0 Å². The van der Waals surface area contributed by atoms with Gasteiger partial charge in [-0.25, -0.2) is 0 Å². The van der Waals surface area contributed by atoms with E-state index in [2.05, 4.69) is 26.3 Å². The molecule has 1 aromatic heterocycles. The molecule has 0 saturated carbocycles. The van der Waals surface area contributed by atoms with E-state index in [4.69, 9.17) is 51.1 Å². The number of carbonyl (C=O) groups is 1. The minimum absolute atomic E-state index is 0.258. The SMILES string of the molecule is O=C(Nc1nn(Cc2ccc(Cl)cc2Cl)cc1Cl)c1ccc(COc2ccc(Br)cc2Cl)cc1. The highest BCUT2D eigenvalue weighted by Gasteiger charge is 2.14. The molecule has 4 rings (SSSR count). The van der Waals surface area contributed by atoms with Gasteiger partial charge in [0.25, 0.3) is 5.91 Å². The minimum Gasteiger partial charge on any atom is -0.487 e. The Bertz CT molecular complexity index is 1340. The molecule has 174 valence electrons. The van der Waals surface area contributed by atoms with Gasteiger partial charge in [-0.3, -0.25) is 9.48 Å². The Morgan fingerprint density at radius 1 is 0.941 bits per heavy atom. The molecule has 0 spiro atoms. The van der Waals surface area contributed by atoms with Crippen LogP contribution in [0, 0.1) is 0 Å². The summed E-state index contributed by atoms with van der Waals surface area (Å²) in [5.41, 5.74) is 2.17. The highest BCUT2D eigenvalue weighted by atomic mass is 79.9. The maximum Gasteiger partial charge on any atom is 0.256 e. The second-order valence-electron chi connectivity index (χ2n) is 7.27. The zero-order valence-electron chi connectivity index (χ0n) is 17.4. The van der Waals surface area contributed by atoms with Crippen molar-refractivity contribution >= 4 is 74.1 Å². The minimum atomic E-state index is -0.333. The first kappa shape index (κ1) is 24.9. The number of hydrogen-bond donors (Lipinski definition) is 1. The summed E-state index contributed by atoms with van der Waals surface area (Å²) in [6.45, 7) is 0.690. The van der Waals surface area contributed by atoms with Crippen LogP contribution in [-0.4, -0.2) is 15.7 Å². The van der Waals surface area contributed by atoms with Crippen LogP contribution in [0.2, 0.25) is 20.1 Å². The third-order valence-electron chi connectivity index (χ3n) is 4.80. The predicted octanol–water partition coefficient (Wildman–Crippen LogP) is 8.14. The first-order valence-corrected chi connectivity index (χ1v) is 12.2. The van der Waals surface area contributed by atoms with E-state index in [1.807, 2.05) is 24.3 Å². The fourth-order valence-corrected chi connectivity index (χ4v) is 4.47. The smallest absolute Gasteiger partial charge is 0.256 e. The van der Waals surface area contributed by atoms with E-state index in [1.54, 1.807) is 47.3 Å². The first-order chi connectivity index (χ1) is 16.3. The highest BCUT2D eigenvalue weighted by Crippen LogP contribution is 2.28. The third kappa shape index (κ3) is 6.26. The van der Waals surface area contributed by atoms with E-state index in [1.165, 1.54) is 0 Å². The van der Waals surface area contributed by atoms with Crippen molar-refractivity contribution in [3.05, 3.63) is 108 Å². The van der Waals surface area contributed by atoms with Gasteiger partial charge in [0.2, 0.25) is 0 Å². The Balaban J connectivity index is 1.38. The number of aromatic nitrogens is 2. The van der Waals surface area contributed by atoms with Crippen LogP contribution in [0.5, 0.6) is 5.75 Å². The van der Waals surface area contributed by atoms with E-state index in [-0.39, 0.29) is 11.7 Å². The fraction of sp³-hybridized carbons (Fsp3) is 0.0833. The van der Waals surface area contributed by atoms with Gasteiger partial charge in [0.15, 0.2) is 5.82 Å². The normalized spacial score (nSPS) is 10.9. The molecule has 0 aliphatic heterocycles. The van der Waals surface area contributed by atoms with Crippen molar-refractivity contribution in [2.75, 3.05) is 5.32 Å². The Labute approximate surface area is 224 Å². The highest BCUT2D eigenvalue weighted by molar-refractivity contribution is 9.10. The number of hydrogen-bond acceptors (Lipinski definition) is 3. The van der Waals surface area contributed by atoms with Crippen molar-refractivity contribution in [3.63, 3.8) is 0 Å². The molecule has 0 saturated heterocycles. The Morgan fingerprint density at radius 2 is 1.71 bits per heavy atom. The quantitative estimate of drug-likeness (QED) is 0.233. The predicted molar refractivity (Wildman–Crippen MR) is 141 cm³/mol. The van der Waals surface area contributed by atoms with Crippen molar-refractivity contribution in [2.24, 2.45) is 0 Å². The average molecular weight is 600 g/mol. The molecule has 3 aromatic carbocycles. The number of ether oxygens (including phenoxy) is 1. The zero-order chi connectivity index (χ0) is 24.2. The molecular formula is C24H16BrCl4N3O2. The molecule has 1 amide bonds. The van der Waals surface area contributed by atoms with Gasteiger partial charge in [0, 0.05) is 26.3 Å². The van der Waals surface area contributed by atoms with Gasteiger partial charge < -0.3 is 10.1 Å². The van der Waals surface area contributed by atoms with Gasteiger partial charge in [-0.2, -0.15) is 5.10 Å². The lowest BCUT2D eigenvalue weighted by atomic mass is 10.1. The van der Waals surface area contributed by atoms with E-state index < -0.39 is 0 Å². The van der Waals surface area contributed by atoms with Gasteiger partial charge >= 0.3 is 0 Å². The summed E-state index contributed by atoms with van der Waals surface area (Å²) < 4.78 is 8.23. The van der Waals surface area contributed by atoms with Crippen LogP contribution < -0.4 is 10.1 Å². The lowest BCUT2D eigenvalue weighted by Gasteiger charge is -2.09. The lowest BCUT2D eigenvalue weighted by Crippen LogP contribution is -2.13. The van der Waals surface area contributed by atoms with Crippen LogP contribution in [0.4, 0.5) is 5.82 Å². The zero-order valence-corrected chi connectivity index (χ0v) is 22.0. The molecule has 1 N–H and O–H groups in total.